The lowest BCUT2D eigenvalue weighted by molar-refractivity contribution is -0.132. The smallest absolute Gasteiger partial charge is 0.330 e. The van der Waals surface area contributed by atoms with Gasteiger partial charge in [-0.05, 0) is 45.4 Å². The molecule has 0 aliphatic heterocycles. The molecule has 140 valence electrons. The van der Waals surface area contributed by atoms with Gasteiger partial charge in [-0.2, -0.15) is 0 Å². The highest BCUT2D eigenvalue weighted by atomic mass is 16.4. The van der Waals surface area contributed by atoms with E-state index in [0.29, 0.717) is 5.57 Å². The van der Waals surface area contributed by atoms with Crippen LogP contribution in [0, 0.1) is 0 Å². The minimum Gasteiger partial charge on any atom is -0.478 e. The maximum absolute atomic E-state index is 10.6. The molecule has 0 bridgehead atoms. The summed E-state index contributed by atoms with van der Waals surface area (Å²) >= 11 is 0. The largest absolute Gasteiger partial charge is 0.478 e. The Balaban J connectivity index is 3.21. The third-order valence-electron chi connectivity index (χ3n) is 4.50. The van der Waals surface area contributed by atoms with Crippen molar-refractivity contribution in [2.75, 3.05) is 0 Å². The number of carbonyl (C=O) groups is 1. The lowest BCUT2D eigenvalue weighted by Gasteiger charge is -2.00. The Kier molecular flexibility index (Phi) is 17.5. The molecule has 0 aromatic heterocycles. The fourth-order valence-electron chi connectivity index (χ4n) is 2.80. The molecule has 24 heavy (non-hydrogen) atoms. The molecule has 0 spiro atoms. The molecule has 0 unspecified atom stereocenters. The fourth-order valence-corrected chi connectivity index (χ4v) is 2.80. The Bertz CT molecular complexity index is 342. The molecule has 0 saturated carbocycles. The van der Waals surface area contributed by atoms with Crippen LogP contribution >= 0.6 is 0 Å². The maximum atomic E-state index is 10.6. The summed E-state index contributed by atoms with van der Waals surface area (Å²) in [6.07, 6.45) is 25.8. The maximum Gasteiger partial charge on any atom is 0.330 e. The van der Waals surface area contributed by atoms with Gasteiger partial charge in [-0.1, -0.05) is 82.9 Å². The van der Waals surface area contributed by atoms with E-state index in [1.165, 1.54) is 83.5 Å². The van der Waals surface area contributed by atoms with Crippen LogP contribution in [0.3, 0.4) is 0 Å². The van der Waals surface area contributed by atoms with Crippen LogP contribution in [0.25, 0.3) is 0 Å². The summed E-state index contributed by atoms with van der Waals surface area (Å²) in [6.45, 7) is 3.94. The van der Waals surface area contributed by atoms with Gasteiger partial charge < -0.3 is 5.11 Å². The number of carboxylic acids is 1. The van der Waals surface area contributed by atoms with Crippen molar-refractivity contribution >= 4 is 5.97 Å². The summed E-state index contributed by atoms with van der Waals surface area (Å²) in [6, 6.07) is 0. The average molecular weight is 337 g/mol. The standard InChI is InChI=1S/C22H40O2/c1-3-4-5-6-7-8-9-10-11-12-13-14-15-16-17-18-19-20-21(2)22(23)24/h10-11,20H,3-9,12-19H2,1-2H3,(H,23,24). The summed E-state index contributed by atoms with van der Waals surface area (Å²) in [7, 11) is 0. The van der Waals surface area contributed by atoms with Gasteiger partial charge in [0.15, 0.2) is 0 Å². The minimum absolute atomic E-state index is 0.475. The molecule has 0 saturated heterocycles. The quantitative estimate of drug-likeness (QED) is 0.170. The third-order valence-corrected chi connectivity index (χ3v) is 4.50. The minimum atomic E-state index is -0.792. The summed E-state index contributed by atoms with van der Waals surface area (Å²) < 4.78 is 0. The van der Waals surface area contributed by atoms with Crippen molar-refractivity contribution in [1.29, 1.82) is 0 Å². The first-order chi connectivity index (χ1) is 11.7. The van der Waals surface area contributed by atoms with E-state index in [9.17, 15) is 4.79 Å². The molecule has 0 fully saturated rings. The SMILES string of the molecule is CCCCCCCCC=CCCCCCCCCC=C(C)C(=O)O. The summed E-state index contributed by atoms with van der Waals surface area (Å²) in [4.78, 5) is 10.6. The van der Waals surface area contributed by atoms with Crippen molar-refractivity contribution in [2.45, 2.75) is 110 Å². The summed E-state index contributed by atoms with van der Waals surface area (Å²) in [5, 5.41) is 8.74. The number of hydrogen-bond donors (Lipinski definition) is 1. The van der Waals surface area contributed by atoms with Gasteiger partial charge >= 0.3 is 5.97 Å². The Labute approximate surface area is 150 Å². The van der Waals surface area contributed by atoms with Gasteiger partial charge in [0.1, 0.15) is 0 Å². The molecule has 0 aromatic rings. The van der Waals surface area contributed by atoms with Gasteiger partial charge in [-0.3, -0.25) is 0 Å². The lowest BCUT2D eigenvalue weighted by atomic mass is 10.1. The second-order valence-corrected chi connectivity index (χ2v) is 6.92. The monoisotopic (exact) mass is 336 g/mol. The van der Waals surface area contributed by atoms with Crippen molar-refractivity contribution in [3.63, 3.8) is 0 Å². The van der Waals surface area contributed by atoms with Crippen LogP contribution in [-0.4, -0.2) is 11.1 Å². The van der Waals surface area contributed by atoms with E-state index >= 15 is 0 Å². The van der Waals surface area contributed by atoms with Gasteiger partial charge in [0.2, 0.25) is 0 Å². The first-order valence-electron chi connectivity index (χ1n) is 10.2. The van der Waals surface area contributed by atoms with Crippen LogP contribution in [0.2, 0.25) is 0 Å². The third kappa shape index (κ3) is 17.3. The molecular weight excluding hydrogens is 296 g/mol. The van der Waals surface area contributed by atoms with Crippen LogP contribution in [-0.2, 0) is 4.79 Å². The second kappa shape index (κ2) is 18.3. The van der Waals surface area contributed by atoms with E-state index in [1.807, 2.05) is 6.08 Å². The van der Waals surface area contributed by atoms with E-state index in [-0.39, 0.29) is 0 Å². The molecule has 0 aromatic carbocycles. The number of aliphatic carboxylic acids is 1. The Hall–Kier alpha value is -1.05. The molecule has 0 radical (unpaired) electrons. The van der Waals surface area contributed by atoms with Crippen LogP contribution in [0.5, 0.6) is 0 Å². The first kappa shape index (κ1) is 22.9. The van der Waals surface area contributed by atoms with Crippen molar-refractivity contribution in [3.05, 3.63) is 23.8 Å². The molecule has 0 aliphatic rings. The molecule has 1 N–H and O–H groups in total. The van der Waals surface area contributed by atoms with Crippen molar-refractivity contribution in [1.82, 2.24) is 0 Å². The zero-order valence-electron chi connectivity index (χ0n) is 16.2. The first-order valence-corrected chi connectivity index (χ1v) is 10.2. The summed E-state index contributed by atoms with van der Waals surface area (Å²) in [5.41, 5.74) is 0.475. The second-order valence-electron chi connectivity index (χ2n) is 6.92. The van der Waals surface area contributed by atoms with E-state index < -0.39 is 5.97 Å². The Morgan fingerprint density at radius 3 is 1.58 bits per heavy atom. The molecule has 0 heterocycles. The molecule has 2 heteroatoms. The van der Waals surface area contributed by atoms with Crippen LogP contribution in [0.15, 0.2) is 23.8 Å². The van der Waals surface area contributed by atoms with Crippen molar-refractivity contribution in [2.24, 2.45) is 0 Å². The number of hydrogen-bond acceptors (Lipinski definition) is 1. The van der Waals surface area contributed by atoms with Crippen molar-refractivity contribution in [3.8, 4) is 0 Å². The molecule has 2 nitrogen and oxygen atoms in total. The lowest BCUT2D eigenvalue weighted by Crippen LogP contribution is -1.95. The number of unbranched alkanes of at least 4 members (excludes halogenated alkanes) is 13. The average Bonchev–Trinajstić information content (AvgIpc) is 2.57. The van der Waals surface area contributed by atoms with E-state index in [0.717, 1.165) is 12.8 Å². The highest BCUT2D eigenvalue weighted by molar-refractivity contribution is 5.85. The highest BCUT2D eigenvalue weighted by Crippen LogP contribution is 2.11. The van der Waals surface area contributed by atoms with E-state index in [1.54, 1.807) is 6.92 Å². The fraction of sp³-hybridized carbons (Fsp3) is 0.773. The topological polar surface area (TPSA) is 37.3 Å². The number of rotatable bonds is 17. The normalized spacial score (nSPS) is 12.2. The Morgan fingerprint density at radius 1 is 0.708 bits per heavy atom. The van der Waals surface area contributed by atoms with Crippen LogP contribution < -0.4 is 0 Å². The van der Waals surface area contributed by atoms with Gasteiger partial charge in [-0.25, -0.2) is 4.79 Å². The molecule has 0 amide bonds. The van der Waals surface area contributed by atoms with Crippen LogP contribution in [0.4, 0.5) is 0 Å². The number of carboxylic acid groups (broad SMARTS) is 1. The highest BCUT2D eigenvalue weighted by Gasteiger charge is 1.97. The molecular formula is C22H40O2. The predicted molar refractivity (Wildman–Crippen MR) is 105 cm³/mol. The number of allylic oxidation sites excluding steroid dienone is 3. The van der Waals surface area contributed by atoms with Gasteiger partial charge in [0, 0.05) is 5.57 Å². The Morgan fingerprint density at radius 2 is 1.12 bits per heavy atom. The molecule has 0 rings (SSSR count). The zero-order valence-corrected chi connectivity index (χ0v) is 16.2. The molecule has 0 atom stereocenters. The van der Waals surface area contributed by atoms with E-state index in [4.69, 9.17) is 5.11 Å². The zero-order chi connectivity index (χ0) is 17.9. The van der Waals surface area contributed by atoms with Crippen LogP contribution in [0.1, 0.15) is 110 Å². The van der Waals surface area contributed by atoms with E-state index in [2.05, 4.69) is 19.1 Å². The predicted octanol–water partition coefficient (Wildman–Crippen LogP) is 7.44. The van der Waals surface area contributed by atoms with Gasteiger partial charge in [0.25, 0.3) is 0 Å². The van der Waals surface area contributed by atoms with Crippen molar-refractivity contribution < 1.29 is 9.90 Å². The summed E-state index contributed by atoms with van der Waals surface area (Å²) in [5.74, 6) is -0.792. The van der Waals surface area contributed by atoms with Gasteiger partial charge in [0.05, 0.1) is 0 Å². The van der Waals surface area contributed by atoms with Gasteiger partial charge in [-0.15, -0.1) is 0 Å². The molecule has 0 aliphatic carbocycles.